The highest BCUT2D eigenvalue weighted by Gasteiger charge is 2.38. The molecular weight excluding hydrogens is 479 g/mol. The lowest BCUT2D eigenvalue weighted by Gasteiger charge is -2.39. The first-order valence-electron chi connectivity index (χ1n) is 12.4. The van der Waals surface area contributed by atoms with Crippen molar-refractivity contribution in [2.24, 2.45) is 5.41 Å². The summed E-state index contributed by atoms with van der Waals surface area (Å²) in [4.78, 5) is 25.2. The van der Waals surface area contributed by atoms with Crippen LogP contribution in [-0.2, 0) is 0 Å². The fourth-order valence-corrected chi connectivity index (χ4v) is 5.69. The number of hydrogen-bond donors (Lipinski definition) is 1. The number of aromatic nitrogens is 3. The van der Waals surface area contributed by atoms with Crippen LogP contribution in [0.25, 0.3) is 17.1 Å². The molecule has 2 saturated heterocycles. The molecule has 2 aliphatic heterocycles. The van der Waals surface area contributed by atoms with E-state index >= 15 is 0 Å². The smallest absolute Gasteiger partial charge is 0.279 e. The molecule has 4 heterocycles. The fourth-order valence-electron chi connectivity index (χ4n) is 5.44. The van der Waals surface area contributed by atoms with Crippen LogP contribution in [-0.4, -0.2) is 40.7 Å². The summed E-state index contributed by atoms with van der Waals surface area (Å²) in [6.07, 6.45) is 7.04. The van der Waals surface area contributed by atoms with Gasteiger partial charge in [0.05, 0.1) is 17.4 Å². The molecule has 0 radical (unpaired) electrons. The van der Waals surface area contributed by atoms with E-state index in [4.69, 9.17) is 16.6 Å². The number of rotatable bonds is 4. The fraction of sp³-hybridized carbons (Fsp3) is 0.407. The van der Waals surface area contributed by atoms with Crippen LogP contribution in [0.1, 0.15) is 49.3 Å². The summed E-state index contributed by atoms with van der Waals surface area (Å²) >= 11 is 6.68. The van der Waals surface area contributed by atoms with Crippen molar-refractivity contribution in [3.8, 4) is 23.1 Å². The molecule has 9 heteroatoms. The van der Waals surface area contributed by atoms with Gasteiger partial charge in [-0.15, -0.1) is 0 Å². The molecule has 1 N–H and O–H groups in total. The van der Waals surface area contributed by atoms with Crippen molar-refractivity contribution in [1.29, 1.82) is 5.26 Å². The Labute approximate surface area is 213 Å². The first-order valence-corrected chi connectivity index (χ1v) is 12.8. The highest BCUT2D eigenvalue weighted by Crippen LogP contribution is 2.40. The third kappa shape index (κ3) is 4.06. The zero-order valence-corrected chi connectivity index (χ0v) is 20.6. The molecular formula is C27H26ClFN6O. The van der Waals surface area contributed by atoms with E-state index in [1.807, 2.05) is 18.2 Å². The van der Waals surface area contributed by atoms with Crippen LogP contribution in [0.2, 0.25) is 5.02 Å². The second kappa shape index (κ2) is 8.99. The Kier molecular flexibility index (Phi) is 5.78. The monoisotopic (exact) mass is 504 g/mol. The van der Waals surface area contributed by atoms with Gasteiger partial charge in [0.2, 0.25) is 0 Å². The van der Waals surface area contributed by atoms with Crippen molar-refractivity contribution in [2.45, 2.75) is 38.0 Å². The average Bonchev–Trinajstić information content (AvgIpc) is 3.66. The maximum Gasteiger partial charge on any atom is 0.279 e. The van der Waals surface area contributed by atoms with Crippen LogP contribution >= 0.6 is 11.6 Å². The quantitative estimate of drug-likeness (QED) is 0.566. The molecule has 0 amide bonds. The molecule has 3 aliphatic rings. The van der Waals surface area contributed by atoms with E-state index in [2.05, 4.69) is 15.2 Å². The topological polar surface area (TPSA) is 86.8 Å². The van der Waals surface area contributed by atoms with Gasteiger partial charge in [-0.05, 0) is 74.4 Å². The van der Waals surface area contributed by atoms with Gasteiger partial charge in [0.15, 0.2) is 5.82 Å². The number of halogens is 2. The number of hydrogen-bond acceptors (Lipinski definition) is 6. The Bertz CT molecular complexity index is 1410. The molecule has 7 nitrogen and oxygen atoms in total. The van der Waals surface area contributed by atoms with Crippen LogP contribution in [0.3, 0.4) is 0 Å². The van der Waals surface area contributed by atoms with Crippen LogP contribution in [0.15, 0.2) is 41.3 Å². The molecule has 36 heavy (non-hydrogen) atoms. The summed E-state index contributed by atoms with van der Waals surface area (Å²) < 4.78 is 16.0. The van der Waals surface area contributed by atoms with Gasteiger partial charge in [-0.25, -0.2) is 9.37 Å². The molecule has 0 atom stereocenters. The van der Waals surface area contributed by atoms with E-state index in [0.717, 1.165) is 64.0 Å². The average molecular weight is 505 g/mol. The van der Waals surface area contributed by atoms with E-state index in [9.17, 15) is 14.4 Å². The number of nitriles is 1. The Morgan fingerprint density at radius 1 is 1.17 bits per heavy atom. The first kappa shape index (κ1) is 23.1. The van der Waals surface area contributed by atoms with Crippen LogP contribution in [0.5, 0.6) is 0 Å². The van der Waals surface area contributed by atoms with E-state index in [1.165, 1.54) is 16.7 Å². The van der Waals surface area contributed by atoms with Crippen molar-refractivity contribution in [2.75, 3.05) is 31.1 Å². The van der Waals surface area contributed by atoms with Crippen molar-refractivity contribution < 1.29 is 4.39 Å². The zero-order chi connectivity index (χ0) is 24.9. The van der Waals surface area contributed by atoms with E-state index in [-0.39, 0.29) is 16.4 Å². The SMILES string of the molecule is N#Cc1ccc(-c2nc(N3CCC4(CCNC4)CC3)c(Cl)c(=O)n2-c2ccc(C3CC3)nc2)cc1F. The molecule has 2 aromatic heterocycles. The van der Waals surface area contributed by atoms with Crippen molar-refractivity contribution in [3.05, 3.63) is 69.0 Å². The van der Waals surface area contributed by atoms with Gasteiger partial charge < -0.3 is 10.2 Å². The van der Waals surface area contributed by atoms with Gasteiger partial charge in [-0.1, -0.05) is 11.6 Å². The predicted molar refractivity (Wildman–Crippen MR) is 136 cm³/mol. The van der Waals surface area contributed by atoms with Crippen molar-refractivity contribution in [1.82, 2.24) is 19.9 Å². The van der Waals surface area contributed by atoms with Crippen molar-refractivity contribution >= 4 is 17.4 Å². The normalized spacial score (nSPS) is 19.0. The molecule has 6 rings (SSSR count). The third-order valence-electron chi connectivity index (χ3n) is 7.84. The Morgan fingerprint density at radius 2 is 1.97 bits per heavy atom. The first-order chi connectivity index (χ1) is 17.5. The van der Waals surface area contributed by atoms with Crippen LogP contribution in [0.4, 0.5) is 10.2 Å². The Morgan fingerprint density at radius 3 is 2.58 bits per heavy atom. The molecule has 1 spiro atoms. The number of nitrogens with one attached hydrogen (secondary N) is 1. The summed E-state index contributed by atoms with van der Waals surface area (Å²) in [6.45, 7) is 3.55. The summed E-state index contributed by atoms with van der Waals surface area (Å²) in [5.74, 6) is 0.500. The maximum atomic E-state index is 14.6. The second-order valence-electron chi connectivity index (χ2n) is 10.1. The summed E-state index contributed by atoms with van der Waals surface area (Å²) in [5.41, 5.74) is 1.71. The molecule has 1 saturated carbocycles. The van der Waals surface area contributed by atoms with Gasteiger partial charge in [0.25, 0.3) is 5.56 Å². The molecule has 0 bridgehead atoms. The summed E-state index contributed by atoms with van der Waals surface area (Å²) in [6, 6.07) is 9.86. The van der Waals surface area contributed by atoms with E-state index in [1.54, 1.807) is 12.3 Å². The molecule has 184 valence electrons. The lowest BCUT2D eigenvalue weighted by molar-refractivity contribution is 0.247. The van der Waals surface area contributed by atoms with Gasteiger partial charge in [0.1, 0.15) is 22.7 Å². The number of pyridine rings is 1. The molecule has 1 aromatic carbocycles. The molecule has 1 aliphatic carbocycles. The number of nitrogens with zero attached hydrogens (tertiary/aromatic N) is 5. The number of benzene rings is 1. The molecule has 0 unspecified atom stereocenters. The van der Waals surface area contributed by atoms with E-state index < -0.39 is 11.4 Å². The molecule has 3 fully saturated rings. The van der Waals surface area contributed by atoms with Crippen LogP contribution < -0.4 is 15.8 Å². The highest BCUT2D eigenvalue weighted by atomic mass is 35.5. The second-order valence-corrected chi connectivity index (χ2v) is 10.5. The van der Waals surface area contributed by atoms with Gasteiger partial charge in [-0.2, -0.15) is 5.26 Å². The van der Waals surface area contributed by atoms with Gasteiger partial charge in [0, 0.05) is 36.8 Å². The third-order valence-corrected chi connectivity index (χ3v) is 8.17. The minimum atomic E-state index is -0.664. The Balaban J connectivity index is 1.45. The van der Waals surface area contributed by atoms with Gasteiger partial charge >= 0.3 is 0 Å². The summed E-state index contributed by atoms with van der Waals surface area (Å²) in [5, 5.41) is 12.7. The van der Waals surface area contributed by atoms with Crippen molar-refractivity contribution in [3.63, 3.8) is 0 Å². The molecule has 3 aromatic rings. The lowest BCUT2D eigenvalue weighted by Crippen LogP contribution is -2.42. The minimum Gasteiger partial charge on any atom is -0.355 e. The number of piperidine rings is 1. The maximum absolute atomic E-state index is 14.6. The van der Waals surface area contributed by atoms with E-state index in [0.29, 0.717) is 28.4 Å². The standard InChI is InChI=1S/C27H26ClFN6O/c28-23-25(34-11-8-27(9-12-34)7-10-31-16-27)33-24(18-3-4-19(14-30)21(29)13-18)35(26(23)36)20-5-6-22(32-15-20)17-1-2-17/h3-6,13,15,17,31H,1-2,7-12,16H2. The van der Waals surface area contributed by atoms with Crippen LogP contribution in [0, 0.1) is 22.6 Å². The van der Waals surface area contributed by atoms with Gasteiger partial charge in [-0.3, -0.25) is 14.3 Å². The zero-order valence-electron chi connectivity index (χ0n) is 19.8. The highest BCUT2D eigenvalue weighted by molar-refractivity contribution is 6.32. The minimum absolute atomic E-state index is 0.0413. The lowest BCUT2D eigenvalue weighted by atomic mass is 9.78. The largest absolute Gasteiger partial charge is 0.355 e. The Hall–Kier alpha value is -3.28. The predicted octanol–water partition coefficient (Wildman–Crippen LogP) is 4.42. The number of anilines is 1. The summed E-state index contributed by atoms with van der Waals surface area (Å²) in [7, 11) is 0.